The lowest BCUT2D eigenvalue weighted by atomic mass is 10.2. The van der Waals surface area contributed by atoms with Crippen molar-refractivity contribution in [3.63, 3.8) is 0 Å². The fourth-order valence-corrected chi connectivity index (χ4v) is 2.17. The summed E-state index contributed by atoms with van der Waals surface area (Å²) in [4.78, 5) is 19.6. The van der Waals surface area contributed by atoms with Crippen molar-refractivity contribution in [3.05, 3.63) is 0 Å². The summed E-state index contributed by atoms with van der Waals surface area (Å²) in [7, 11) is -3.79. The SMILES string of the molecule is O=P(O)(O)CCN1CCCCCC1. The minimum Gasteiger partial charge on any atom is -0.324 e. The van der Waals surface area contributed by atoms with Gasteiger partial charge in [-0.05, 0) is 25.9 Å². The molecule has 0 unspecified atom stereocenters. The molecule has 1 fully saturated rings. The molecule has 0 aliphatic carbocycles. The molecule has 2 N–H and O–H groups in total. The maximum absolute atomic E-state index is 10.6. The molecular formula is C8H18NO3P. The summed E-state index contributed by atoms with van der Waals surface area (Å²) in [6.45, 7) is 2.55. The molecule has 0 aromatic rings. The number of likely N-dealkylation sites (tertiary alicyclic amines) is 1. The predicted molar refractivity (Wildman–Crippen MR) is 51.8 cm³/mol. The average molecular weight is 207 g/mol. The lowest BCUT2D eigenvalue weighted by Gasteiger charge is -2.19. The molecule has 1 rings (SSSR count). The molecule has 5 heteroatoms. The van der Waals surface area contributed by atoms with Crippen LogP contribution in [0.15, 0.2) is 0 Å². The second-order valence-electron chi connectivity index (χ2n) is 3.64. The molecular weight excluding hydrogens is 189 g/mol. The van der Waals surface area contributed by atoms with E-state index in [1.807, 2.05) is 0 Å². The number of hydrogen-bond donors (Lipinski definition) is 2. The van der Waals surface area contributed by atoms with Crippen molar-refractivity contribution in [1.29, 1.82) is 0 Å². The van der Waals surface area contributed by atoms with Crippen molar-refractivity contribution in [1.82, 2.24) is 4.90 Å². The van der Waals surface area contributed by atoms with Gasteiger partial charge in [0.05, 0.1) is 6.16 Å². The van der Waals surface area contributed by atoms with Crippen molar-refractivity contribution in [2.24, 2.45) is 0 Å². The van der Waals surface area contributed by atoms with Crippen molar-refractivity contribution in [2.75, 3.05) is 25.8 Å². The second kappa shape index (κ2) is 5.11. The van der Waals surface area contributed by atoms with E-state index in [0.717, 1.165) is 13.1 Å². The molecule has 0 saturated carbocycles. The first-order valence-electron chi connectivity index (χ1n) is 4.85. The zero-order valence-corrected chi connectivity index (χ0v) is 8.75. The third kappa shape index (κ3) is 5.42. The van der Waals surface area contributed by atoms with Gasteiger partial charge in [0, 0.05) is 6.54 Å². The van der Waals surface area contributed by atoms with Crippen LogP contribution >= 0.6 is 7.60 Å². The van der Waals surface area contributed by atoms with Gasteiger partial charge in [0.15, 0.2) is 0 Å². The zero-order chi connectivity index (χ0) is 9.73. The number of nitrogens with zero attached hydrogens (tertiary/aromatic N) is 1. The topological polar surface area (TPSA) is 60.8 Å². The molecule has 0 amide bonds. The summed E-state index contributed by atoms with van der Waals surface area (Å²) in [5.74, 6) is 0. The van der Waals surface area contributed by atoms with Crippen LogP contribution in [0.5, 0.6) is 0 Å². The van der Waals surface area contributed by atoms with Gasteiger partial charge in [0.1, 0.15) is 0 Å². The zero-order valence-electron chi connectivity index (χ0n) is 7.85. The van der Waals surface area contributed by atoms with Crippen LogP contribution in [0.2, 0.25) is 0 Å². The summed E-state index contributed by atoms with van der Waals surface area (Å²) < 4.78 is 10.6. The van der Waals surface area contributed by atoms with E-state index in [9.17, 15) is 4.57 Å². The third-order valence-corrected chi connectivity index (χ3v) is 3.19. The molecule has 1 aliphatic rings. The van der Waals surface area contributed by atoms with Gasteiger partial charge in [-0.15, -0.1) is 0 Å². The van der Waals surface area contributed by atoms with Crippen molar-refractivity contribution >= 4 is 7.60 Å². The van der Waals surface area contributed by atoms with Gasteiger partial charge in [-0.2, -0.15) is 0 Å². The van der Waals surface area contributed by atoms with E-state index < -0.39 is 7.60 Å². The Hall–Kier alpha value is 0.110. The van der Waals surface area contributed by atoms with Crippen LogP contribution in [0.1, 0.15) is 25.7 Å². The monoisotopic (exact) mass is 207 g/mol. The Bertz CT molecular complexity index is 184. The minimum atomic E-state index is -3.79. The number of hydrogen-bond acceptors (Lipinski definition) is 2. The Morgan fingerprint density at radius 2 is 1.62 bits per heavy atom. The van der Waals surface area contributed by atoms with E-state index in [-0.39, 0.29) is 6.16 Å². The van der Waals surface area contributed by atoms with Crippen molar-refractivity contribution in [3.8, 4) is 0 Å². The maximum atomic E-state index is 10.6. The lowest BCUT2D eigenvalue weighted by Crippen LogP contribution is -2.27. The smallest absolute Gasteiger partial charge is 0.324 e. The van der Waals surface area contributed by atoms with Gasteiger partial charge >= 0.3 is 7.60 Å². The molecule has 13 heavy (non-hydrogen) atoms. The van der Waals surface area contributed by atoms with Crippen molar-refractivity contribution < 1.29 is 14.4 Å². The van der Waals surface area contributed by atoms with E-state index in [1.165, 1.54) is 25.7 Å². The fraction of sp³-hybridized carbons (Fsp3) is 1.00. The molecule has 0 aromatic heterocycles. The summed E-state index contributed by atoms with van der Waals surface area (Å²) in [6.07, 6.45) is 4.86. The molecule has 0 atom stereocenters. The van der Waals surface area contributed by atoms with E-state index in [4.69, 9.17) is 9.79 Å². The van der Waals surface area contributed by atoms with Crippen LogP contribution in [0, 0.1) is 0 Å². The summed E-state index contributed by atoms with van der Waals surface area (Å²) in [5, 5.41) is 0. The van der Waals surface area contributed by atoms with Crippen LogP contribution in [0.3, 0.4) is 0 Å². The Morgan fingerprint density at radius 3 is 2.08 bits per heavy atom. The highest BCUT2D eigenvalue weighted by atomic mass is 31.2. The van der Waals surface area contributed by atoms with Gasteiger partial charge in [-0.25, -0.2) is 0 Å². The first-order chi connectivity index (χ1) is 6.08. The predicted octanol–water partition coefficient (Wildman–Crippen LogP) is 1.04. The van der Waals surface area contributed by atoms with Crippen LogP contribution in [-0.2, 0) is 4.57 Å². The standard InChI is InChI=1S/C8H18NO3P/c10-13(11,12)8-7-9-5-3-1-2-4-6-9/h1-8H2,(H2,10,11,12). The van der Waals surface area contributed by atoms with Crippen LogP contribution in [0.25, 0.3) is 0 Å². The highest BCUT2D eigenvalue weighted by Crippen LogP contribution is 2.33. The highest BCUT2D eigenvalue weighted by Gasteiger charge is 2.16. The highest BCUT2D eigenvalue weighted by molar-refractivity contribution is 7.51. The quantitative estimate of drug-likeness (QED) is 0.679. The van der Waals surface area contributed by atoms with Gasteiger partial charge < -0.3 is 14.7 Å². The molecule has 4 nitrogen and oxygen atoms in total. The van der Waals surface area contributed by atoms with E-state index >= 15 is 0 Å². The van der Waals surface area contributed by atoms with Crippen molar-refractivity contribution in [2.45, 2.75) is 25.7 Å². The Morgan fingerprint density at radius 1 is 1.08 bits per heavy atom. The van der Waals surface area contributed by atoms with E-state index in [2.05, 4.69) is 4.90 Å². The average Bonchev–Trinajstić information content (AvgIpc) is 2.26. The molecule has 0 bridgehead atoms. The van der Waals surface area contributed by atoms with Crippen LogP contribution < -0.4 is 0 Å². The lowest BCUT2D eigenvalue weighted by molar-refractivity contribution is 0.290. The van der Waals surface area contributed by atoms with E-state index in [0.29, 0.717) is 6.54 Å². The molecule has 1 saturated heterocycles. The normalized spacial score (nSPS) is 21.4. The second-order valence-corrected chi connectivity index (χ2v) is 5.42. The van der Waals surface area contributed by atoms with Gasteiger partial charge in [-0.3, -0.25) is 4.57 Å². The first-order valence-corrected chi connectivity index (χ1v) is 6.65. The third-order valence-electron chi connectivity index (χ3n) is 2.41. The summed E-state index contributed by atoms with van der Waals surface area (Å²) in [6, 6.07) is 0. The Balaban J connectivity index is 2.23. The van der Waals surface area contributed by atoms with Gasteiger partial charge in [-0.1, -0.05) is 12.8 Å². The van der Waals surface area contributed by atoms with E-state index in [1.54, 1.807) is 0 Å². The fourth-order valence-electron chi connectivity index (χ4n) is 1.63. The van der Waals surface area contributed by atoms with Crippen LogP contribution in [-0.4, -0.2) is 40.5 Å². The minimum absolute atomic E-state index is 0.00694. The maximum Gasteiger partial charge on any atom is 0.326 e. The van der Waals surface area contributed by atoms with Crippen LogP contribution in [0.4, 0.5) is 0 Å². The van der Waals surface area contributed by atoms with Gasteiger partial charge in [0.25, 0.3) is 0 Å². The summed E-state index contributed by atoms with van der Waals surface area (Å²) in [5.41, 5.74) is 0. The Kier molecular flexibility index (Phi) is 4.39. The first kappa shape index (κ1) is 11.2. The summed E-state index contributed by atoms with van der Waals surface area (Å²) >= 11 is 0. The Labute approximate surface area is 79.1 Å². The molecule has 78 valence electrons. The molecule has 0 radical (unpaired) electrons. The molecule has 0 aromatic carbocycles. The van der Waals surface area contributed by atoms with Gasteiger partial charge in [0.2, 0.25) is 0 Å². The molecule has 1 heterocycles. The largest absolute Gasteiger partial charge is 0.326 e. The number of rotatable bonds is 3. The molecule has 0 spiro atoms. The molecule has 1 aliphatic heterocycles.